The molecular formula is C9H17N3O5. The lowest BCUT2D eigenvalue weighted by molar-refractivity contribution is -0.146. The highest BCUT2D eigenvalue weighted by Crippen LogP contribution is 1.88. The van der Waals surface area contributed by atoms with Gasteiger partial charge in [0.15, 0.2) is 6.10 Å². The van der Waals surface area contributed by atoms with Crippen molar-refractivity contribution >= 4 is 17.9 Å². The Bertz CT molecular complexity index is 282. The largest absolute Gasteiger partial charge is 0.479 e. The van der Waals surface area contributed by atoms with Gasteiger partial charge in [-0.3, -0.25) is 4.79 Å². The molecule has 98 valence electrons. The third-order valence-corrected chi connectivity index (χ3v) is 1.77. The van der Waals surface area contributed by atoms with Crippen molar-refractivity contribution in [3.05, 3.63) is 0 Å². The monoisotopic (exact) mass is 247 g/mol. The van der Waals surface area contributed by atoms with E-state index >= 15 is 0 Å². The van der Waals surface area contributed by atoms with Crippen LogP contribution in [0.4, 0.5) is 4.79 Å². The van der Waals surface area contributed by atoms with Crippen molar-refractivity contribution in [3.8, 4) is 0 Å². The number of carboxylic acids is 1. The van der Waals surface area contributed by atoms with Crippen LogP contribution in [-0.2, 0) is 9.59 Å². The van der Waals surface area contributed by atoms with E-state index in [-0.39, 0.29) is 25.4 Å². The molecule has 0 aromatic heterocycles. The van der Waals surface area contributed by atoms with E-state index in [0.717, 1.165) is 0 Å². The van der Waals surface area contributed by atoms with E-state index in [1.807, 2.05) is 0 Å². The Morgan fingerprint density at radius 3 is 2.35 bits per heavy atom. The molecule has 3 amide bonds. The smallest absolute Gasteiger partial charge is 0.332 e. The molecule has 0 saturated carbocycles. The number of aliphatic hydroxyl groups excluding tert-OH is 1. The number of carbonyl (C=O) groups is 3. The summed E-state index contributed by atoms with van der Waals surface area (Å²) in [6.45, 7) is 2.09. The van der Waals surface area contributed by atoms with Gasteiger partial charge in [0, 0.05) is 19.5 Å². The van der Waals surface area contributed by atoms with Crippen molar-refractivity contribution in [2.24, 2.45) is 0 Å². The van der Waals surface area contributed by atoms with Crippen LogP contribution < -0.4 is 16.0 Å². The minimum atomic E-state index is -1.50. The first-order valence-corrected chi connectivity index (χ1v) is 5.16. The second-order valence-corrected chi connectivity index (χ2v) is 3.21. The number of aliphatic hydroxyl groups is 1. The Kier molecular flexibility index (Phi) is 7.44. The molecule has 5 N–H and O–H groups in total. The zero-order valence-corrected chi connectivity index (χ0v) is 9.52. The van der Waals surface area contributed by atoms with Crippen molar-refractivity contribution in [2.45, 2.75) is 19.4 Å². The van der Waals surface area contributed by atoms with Gasteiger partial charge in [-0.05, 0) is 6.92 Å². The molecule has 8 heteroatoms. The Balaban J connectivity index is 3.60. The summed E-state index contributed by atoms with van der Waals surface area (Å²) in [5.41, 5.74) is 0. The molecule has 1 atom stereocenters. The molecule has 17 heavy (non-hydrogen) atoms. The van der Waals surface area contributed by atoms with Crippen LogP contribution >= 0.6 is 0 Å². The lowest BCUT2D eigenvalue weighted by Crippen LogP contribution is -2.42. The molecule has 0 aromatic rings. The van der Waals surface area contributed by atoms with E-state index in [9.17, 15) is 14.4 Å². The van der Waals surface area contributed by atoms with Gasteiger partial charge in [0.25, 0.3) is 0 Å². The Labute approximate surface area is 98.4 Å². The van der Waals surface area contributed by atoms with E-state index in [0.29, 0.717) is 6.54 Å². The number of rotatable bonds is 7. The number of hydrogen-bond donors (Lipinski definition) is 5. The van der Waals surface area contributed by atoms with Gasteiger partial charge in [0.1, 0.15) is 0 Å². The molecule has 8 nitrogen and oxygen atoms in total. The summed E-state index contributed by atoms with van der Waals surface area (Å²) in [6, 6.07) is -0.589. The molecule has 0 aliphatic carbocycles. The maximum Gasteiger partial charge on any atom is 0.332 e. The fraction of sp³-hybridized carbons (Fsp3) is 0.667. The first kappa shape index (κ1) is 15.2. The van der Waals surface area contributed by atoms with E-state index in [1.165, 1.54) is 0 Å². The zero-order chi connectivity index (χ0) is 13.3. The van der Waals surface area contributed by atoms with Gasteiger partial charge in [-0.1, -0.05) is 0 Å². The summed E-state index contributed by atoms with van der Waals surface area (Å²) >= 11 is 0. The fourth-order valence-corrected chi connectivity index (χ4v) is 0.929. The number of aliphatic carboxylic acids is 1. The van der Waals surface area contributed by atoms with Gasteiger partial charge in [0.05, 0.1) is 6.54 Å². The third-order valence-electron chi connectivity index (χ3n) is 1.77. The van der Waals surface area contributed by atoms with Gasteiger partial charge in [-0.25, -0.2) is 9.59 Å². The zero-order valence-electron chi connectivity index (χ0n) is 9.52. The molecule has 0 bridgehead atoms. The number of likely N-dealkylation sites (N-methyl/N-ethyl adjacent to an activating group) is 1. The van der Waals surface area contributed by atoms with Crippen molar-refractivity contribution in [2.75, 3.05) is 19.6 Å². The number of hydrogen-bond acceptors (Lipinski definition) is 4. The summed E-state index contributed by atoms with van der Waals surface area (Å²) in [4.78, 5) is 32.3. The highest BCUT2D eigenvalue weighted by Gasteiger charge is 2.12. The lowest BCUT2D eigenvalue weighted by atomic mass is 10.2. The quantitative estimate of drug-likeness (QED) is 0.365. The summed E-state index contributed by atoms with van der Waals surface area (Å²) in [5.74, 6) is -1.65. The predicted octanol–water partition coefficient (Wildman–Crippen LogP) is -1.74. The minimum absolute atomic E-state index is 0.00863. The van der Waals surface area contributed by atoms with Crippen LogP contribution in [0.5, 0.6) is 0 Å². The molecule has 0 heterocycles. The number of nitrogens with one attached hydrogen (secondary N) is 3. The fourth-order valence-electron chi connectivity index (χ4n) is 0.929. The summed E-state index contributed by atoms with van der Waals surface area (Å²) in [7, 11) is 0. The predicted molar refractivity (Wildman–Crippen MR) is 58.3 cm³/mol. The standard InChI is InChI=1S/C9H17N3O5/c1-2-10-7(14)5-12-9(17)11-4-3-6(13)8(15)16/h6,13H,2-5H2,1H3,(H,10,14)(H,15,16)(H2,11,12,17). The van der Waals surface area contributed by atoms with Crippen molar-refractivity contribution < 1.29 is 24.6 Å². The molecular weight excluding hydrogens is 230 g/mol. The Hall–Kier alpha value is -1.83. The first-order chi connectivity index (χ1) is 7.97. The van der Waals surface area contributed by atoms with Crippen molar-refractivity contribution in [1.29, 1.82) is 0 Å². The molecule has 0 aliphatic heterocycles. The molecule has 0 spiro atoms. The highest BCUT2D eigenvalue weighted by molar-refractivity contribution is 5.83. The van der Waals surface area contributed by atoms with Crippen LogP contribution in [0, 0.1) is 0 Å². The maximum atomic E-state index is 11.1. The van der Waals surface area contributed by atoms with Crippen LogP contribution in [0.3, 0.4) is 0 Å². The first-order valence-electron chi connectivity index (χ1n) is 5.16. The Morgan fingerprint density at radius 1 is 1.18 bits per heavy atom. The number of amides is 3. The maximum absolute atomic E-state index is 11.1. The highest BCUT2D eigenvalue weighted by atomic mass is 16.4. The van der Waals surface area contributed by atoms with Gasteiger partial charge in [-0.2, -0.15) is 0 Å². The van der Waals surface area contributed by atoms with E-state index in [2.05, 4.69) is 16.0 Å². The van der Waals surface area contributed by atoms with Crippen LogP contribution in [0.15, 0.2) is 0 Å². The van der Waals surface area contributed by atoms with Gasteiger partial charge in [-0.15, -0.1) is 0 Å². The van der Waals surface area contributed by atoms with Crippen molar-refractivity contribution in [1.82, 2.24) is 16.0 Å². The van der Waals surface area contributed by atoms with Gasteiger partial charge in [0.2, 0.25) is 5.91 Å². The number of carbonyl (C=O) groups excluding carboxylic acids is 2. The lowest BCUT2D eigenvalue weighted by Gasteiger charge is -2.08. The van der Waals surface area contributed by atoms with Gasteiger partial charge >= 0.3 is 12.0 Å². The molecule has 0 radical (unpaired) electrons. The number of urea groups is 1. The van der Waals surface area contributed by atoms with Crippen LogP contribution in [0.1, 0.15) is 13.3 Å². The molecule has 0 aromatic carbocycles. The summed E-state index contributed by atoms with van der Waals surface area (Å²) in [5, 5.41) is 24.3. The van der Waals surface area contributed by atoms with Crippen molar-refractivity contribution in [3.63, 3.8) is 0 Å². The van der Waals surface area contributed by atoms with Gasteiger partial charge < -0.3 is 26.2 Å². The summed E-state index contributed by atoms with van der Waals surface area (Å²) < 4.78 is 0. The SMILES string of the molecule is CCNC(=O)CNC(=O)NCCC(O)C(=O)O. The second-order valence-electron chi connectivity index (χ2n) is 3.21. The Morgan fingerprint density at radius 2 is 1.82 bits per heavy atom. The van der Waals surface area contributed by atoms with Crippen LogP contribution in [0.2, 0.25) is 0 Å². The average Bonchev–Trinajstić information content (AvgIpc) is 2.26. The van der Waals surface area contributed by atoms with E-state index in [1.54, 1.807) is 6.92 Å². The molecule has 0 rings (SSSR count). The van der Waals surface area contributed by atoms with E-state index < -0.39 is 18.1 Å². The molecule has 0 fully saturated rings. The molecule has 1 unspecified atom stereocenters. The van der Waals surface area contributed by atoms with E-state index in [4.69, 9.17) is 10.2 Å². The van der Waals surface area contributed by atoms with Crippen LogP contribution in [-0.4, -0.2) is 53.9 Å². The summed E-state index contributed by atoms with van der Waals surface area (Å²) in [6.07, 6.45) is -1.59. The van der Waals surface area contributed by atoms with Crippen LogP contribution in [0.25, 0.3) is 0 Å². The number of carboxylic acid groups (broad SMARTS) is 1. The molecule has 0 aliphatic rings. The third kappa shape index (κ3) is 8.03. The topological polar surface area (TPSA) is 128 Å². The molecule has 0 saturated heterocycles. The normalized spacial score (nSPS) is 11.4. The second kappa shape index (κ2) is 8.34. The minimum Gasteiger partial charge on any atom is -0.479 e. The average molecular weight is 247 g/mol.